The first-order valence-corrected chi connectivity index (χ1v) is 4.99. The average molecular weight is 225 g/mol. The van der Waals surface area contributed by atoms with Gasteiger partial charge in [-0.05, 0) is 13.3 Å². The van der Waals surface area contributed by atoms with Crippen molar-refractivity contribution in [3.63, 3.8) is 0 Å². The molecule has 88 valence electrons. The lowest BCUT2D eigenvalue weighted by molar-refractivity contribution is -0.170. The molecule has 0 aromatic carbocycles. The van der Waals surface area contributed by atoms with E-state index in [1.54, 1.807) is 6.07 Å². The summed E-state index contributed by atoms with van der Waals surface area (Å²) in [6.45, 7) is 3.22. The molecule has 0 aliphatic rings. The molecule has 5 heteroatoms. The Morgan fingerprint density at radius 1 is 1.56 bits per heavy atom. The van der Waals surface area contributed by atoms with Crippen LogP contribution in [0.3, 0.4) is 0 Å². The highest BCUT2D eigenvalue weighted by Crippen LogP contribution is 2.15. The van der Waals surface area contributed by atoms with Crippen molar-refractivity contribution in [3.8, 4) is 6.07 Å². The van der Waals surface area contributed by atoms with Crippen LogP contribution in [0.4, 0.5) is 0 Å². The van der Waals surface area contributed by atoms with Gasteiger partial charge in [-0.25, -0.2) is 9.59 Å². The third kappa shape index (κ3) is 5.27. The van der Waals surface area contributed by atoms with E-state index in [4.69, 9.17) is 5.26 Å². The summed E-state index contributed by atoms with van der Waals surface area (Å²) in [7, 11) is 0. The van der Waals surface area contributed by atoms with Crippen molar-refractivity contribution in [2.24, 2.45) is 0 Å². The number of hydrogen-bond donors (Lipinski definition) is 1. The number of unbranched alkanes of at least 4 members (excludes halogenated alkanes) is 1. The molecule has 0 amide bonds. The second-order valence-corrected chi connectivity index (χ2v) is 3.55. The fourth-order valence-electron chi connectivity index (χ4n) is 0.964. The summed E-state index contributed by atoms with van der Waals surface area (Å²) in [4.78, 5) is 22.3. The first-order chi connectivity index (χ1) is 7.44. The van der Waals surface area contributed by atoms with Crippen LogP contribution in [0, 0.1) is 11.3 Å². The number of aliphatic hydroxyl groups is 1. The zero-order valence-corrected chi connectivity index (χ0v) is 9.40. The quantitative estimate of drug-likeness (QED) is 0.327. The van der Waals surface area contributed by atoms with Crippen molar-refractivity contribution < 1.29 is 19.4 Å². The van der Waals surface area contributed by atoms with Crippen molar-refractivity contribution in [2.45, 2.75) is 38.7 Å². The lowest BCUT2D eigenvalue weighted by atomic mass is 10.00. The van der Waals surface area contributed by atoms with Crippen LogP contribution in [-0.2, 0) is 14.3 Å². The third-order valence-electron chi connectivity index (χ3n) is 1.94. The summed E-state index contributed by atoms with van der Waals surface area (Å²) < 4.78 is 4.35. The van der Waals surface area contributed by atoms with Gasteiger partial charge in [-0.3, -0.25) is 0 Å². The van der Waals surface area contributed by atoms with Gasteiger partial charge >= 0.3 is 11.9 Å². The number of hydrogen-bond acceptors (Lipinski definition) is 5. The molecule has 0 saturated carbocycles. The number of allylic oxidation sites excluding steroid dienone is 1. The van der Waals surface area contributed by atoms with Crippen molar-refractivity contribution >= 4 is 11.9 Å². The largest absolute Gasteiger partial charge is 0.388 e. The Hall–Kier alpha value is -1.67. The van der Waals surface area contributed by atoms with E-state index >= 15 is 0 Å². The third-order valence-corrected chi connectivity index (χ3v) is 1.94. The number of carbonyl (C=O) groups is 2. The highest BCUT2D eigenvalue weighted by Gasteiger charge is 2.32. The van der Waals surface area contributed by atoms with Crippen LogP contribution in [0.25, 0.3) is 0 Å². The van der Waals surface area contributed by atoms with Gasteiger partial charge in [-0.2, -0.15) is 5.26 Å². The smallest absolute Gasteiger partial charge is 0.345 e. The Labute approximate surface area is 94.3 Å². The van der Waals surface area contributed by atoms with Crippen molar-refractivity contribution in [3.05, 3.63) is 12.2 Å². The summed E-state index contributed by atoms with van der Waals surface area (Å²) in [6.07, 6.45) is 3.44. The molecule has 0 saturated heterocycles. The van der Waals surface area contributed by atoms with E-state index in [0.717, 1.165) is 18.6 Å². The molecule has 1 N–H and O–H groups in total. The van der Waals surface area contributed by atoms with Crippen LogP contribution in [0.15, 0.2) is 12.2 Å². The number of esters is 2. The van der Waals surface area contributed by atoms with Crippen LogP contribution >= 0.6 is 0 Å². The second-order valence-electron chi connectivity index (χ2n) is 3.55. The normalized spacial score (nSPS) is 14.1. The summed E-state index contributed by atoms with van der Waals surface area (Å²) in [5, 5.41) is 17.8. The molecule has 0 radical (unpaired) electrons. The van der Waals surface area contributed by atoms with Crippen LogP contribution in [0.5, 0.6) is 0 Å². The van der Waals surface area contributed by atoms with Crippen molar-refractivity contribution in [2.75, 3.05) is 0 Å². The number of nitrogens with zero attached hydrogens (tertiary/aromatic N) is 1. The zero-order valence-electron chi connectivity index (χ0n) is 9.40. The molecule has 0 aliphatic heterocycles. The molecule has 16 heavy (non-hydrogen) atoms. The molecule has 5 nitrogen and oxygen atoms in total. The number of nitriles is 1. The standard InChI is InChI=1S/C11H15NO4/c1-3-4-7-11(2,15)10(14)16-9(13)6-5-8-12/h5-6,15H,3-4,7H2,1-2H3. The maximum atomic E-state index is 11.3. The van der Waals surface area contributed by atoms with Crippen LogP contribution in [0.2, 0.25) is 0 Å². The molecule has 0 heterocycles. The Bertz CT molecular complexity index is 325. The van der Waals surface area contributed by atoms with Gasteiger partial charge in [-0.1, -0.05) is 19.8 Å². The molecule has 0 rings (SSSR count). The molecule has 0 aromatic heterocycles. The molecular formula is C11H15NO4. The van der Waals surface area contributed by atoms with Crippen LogP contribution in [0.1, 0.15) is 33.1 Å². The Morgan fingerprint density at radius 3 is 2.69 bits per heavy atom. The lowest BCUT2D eigenvalue weighted by Gasteiger charge is -2.19. The van der Waals surface area contributed by atoms with Crippen LogP contribution < -0.4 is 0 Å². The predicted octanol–water partition coefficient (Wildman–Crippen LogP) is 1.08. The number of ether oxygens (including phenoxy) is 1. The fourth-order valence-corrected chi connectivity index (χ4v) is 0.964. The molecule has 0 fully saturated rings. The molecule has 0 spiro atoms. The maximum Gasteiger partial charge on any atom is 0.345 e. The molecule has 1 unspecified atom stereocenters. The molecule has 0 aliphatic carbocycles. The first kappa shape index (κ1) is 14.3. The Morgan fingerprint density at radius 2 is 2.19 bits per heavy atom. The molecule has 0 aromatic rings. The molecule has 0 bridgehead atoms. The van der Waals surface area contributed by atoms with Gasteiger partial charge in [0.2, 0.25) is 0 Å². The highest BCUT2D eigenvalue weighted by molar-refractivity contribution is 5.95. The van der Waals surface area contributed by atoms with Gasteiger partial charge in [0, 0.05) is 12.2 Å². The summed E-state index contributed by atoms with van der Waals surface area (Å²) in [6, 6.07) is 1.59. The van der Waals surface area contributed by atoms with Gasteiger partial charge in [0.05, 0.1) is 6.07 Å². The van der Waals surface area contributed by atoms with Gasteiger partial charge in [0.25, 0.3) is 0 Å². The molecule has 1 atom stereocenters. The minimum absolute atomic E-state index is 0.234. The van der Waals surface area contributed by atoms with Crippen LogP contribution in [-0.4, -0.2) is 22.6 Å². The predicted molar refractivity (Wildman–Crippen MR) is 56.0 cm³/mol. The van der Waals surface area contributed by atoms with E-state index in [2.05, 4.69) is 4.74 Å². The summed E-state index contributed by atoms with van der Waals surface area (Å²) >= 11 is 0. The van der Waals surface area contributed by atoms with E-state index in [9.17, 15) is 14.7 Å². The zero-order chi connectivity index (χ0) is 12.6. The molecular weight excluding hydrogens is 210 g/mol. The average Bonchev–Trinajstić information content (AvgIpc) is 2.23. The number of rotatable bonds is 5. The minimum atomic E-state index is -1.66. The minimum Gasteiger partial charge on any atom is -0.388 e. The van der Waals surface area contributed by atoms with Gasteiger partial charge in [-0.15, -0.1) is 0 Å². The van der Waals surface area contributed by atoms with E-state index in [0.29, 0.717) is 6.42 Å². The summed E-state index contributed by atoms with van der Waals surface area (Å²) in [5.74, 6) is -1.95. The van der Waals surface area contributed by atoms with Gasteiger partial charge in [0.15, 0.2) is 5.60 Å². The fraction of sp³-hybridized carbons (Fsp3) is 0.545. The second kappa shape index (κ2) is 6.75. The lowest BCUT2D eigenvalue weighted by Crippen LogP contribution is -2.37. The van der Waals surface area contributed by atoms with E-state index in [1.165, 1.54) is 6.92 Å². The topological polar surface area (TPSA) is 87.4 Å². The highest BCUT2D eigenvalue weighted by atomic mass is 16.6. The van der Waals surface area contributed by atoms with E-state index < -0.39 is 17.5 Å². The van der Waals surface area contributed by atoms with Gasteiger partial charge in [0.1, 0.15) is 0 Å². The van der Waals surface area contributed by atoms with Crippen molar-refractivity contribution in [1.29, 1.82) is 5.26 Å². The monoisotopic (exact) mass is 225 g/mol. The summed E-state index contributed by atoms with van der Waals surface area (Å²) in [5.41, 5.74) is -1.66. The SMILES string of the molecule is CCCCC(C)(O)C(=O)OC(=O)C=CC#N. The van der Waals surface area contributed by atoms with E-state index in [-0.39, 0.29) is 6.42 Å². The Kier molecular flexibility index (Phi) is 6.04. The van der Waals surface area contributed by atoms with Crippen molar-refractivity contribution in [1.82, 2.24) is 0 Å². The number of carbonyl (C=O) groups excluding carboxylic acids is 2. The van der Waals surface area contributed by atoms with Gasteiger partial charge < -0.3 is 9.84 Å². The van der Waals surface area contributed by atoms with E-state index in [1.807, 2.05) is 6.92 Å². The first-order valence-electron chi connectivity index (χ1n) is 4.99. The Balaban J connectivity index is 4.29. The maximum absolute atomic E-state index is 11.3.